The lowest BCUT2D eigenvalue weighted by Crippen LogP contribution is -2.53. The number of hydrogen-bond donors (Lipinski definition) is 0. The van der Waals surface area contributed by atoms with E-state index in [0.717, 1.165) is 0 Å². The minimum atomic E-state index is -3.22. The molecule has 0 unspecified atom stereocenters. The molecular formula is C12H23NO4S. The lowest BCUT2D eigenvalue weighted by atomic mass is 10.1. The van der Waals surface area contributed by atoms with E-state index in [1.165, 1.54) is 0 Å². The first-order valence-electron chi connectivity index (χ1n) is 6.56. The second kappa shape index (κ2) is 5.07. The molecule has 0 spiro atoms. The molecule has 18 heavy (non-hydrogen) atoms. The summed E-state index contributed by atoms with van der Waals surface area (Å²) in [6, 6.07) is 0. The summed E-state index contributed by atoms with van der Waals surface area (Å²) >= 11 is 0. The van der Waals surface area contributed by atoms with E-state index in [-0.39, 0.29) is 17.0 Å². The van der Waals surface area contributed by atoms with Gasteiger partial charge >= 0.3 is 0 Å². The molecule has 2 aliphatic rings. The quantitative estimate of drug-likeness (QED) is 0.755. The first-order valence-corrected chi connectivity index (χ1v) is 8.06. The molecule has 0 aromatic rings. The molecular weight excluding hydrogens is 254 g/mol. The minimum absolute atomic E-state index is 0.0348. The Hall–Kier alpha value is -0.170. The van der Waals surface area contributed by atoms with Gasteiger partial charge in [0, 0.05) is 19.7 Å². The Morgan fingerprint density at radius 2 is 2.00 bits per heavy atom. The summed E-state index contributed by atoms with van der Waals surface area (Å²) in [5.41, 5.74) is -0.387. The van der Waals surface area contributed by atoms with Crippen LogP contribution in [0.2, 0.25) is 0 Å². The molecule has 2 heterocycles. The van der Waals surface area contributed by atoms with Crippen LogP contribution in [0.15, 0.2) is 0 Å². The average molecular weight is 277 g/mol. The summed E-state index contributed by atoms with van der Waals surface area (Å²) < 4.78 is 37.8. The van der Waals surface area contributed by atoms with Crippen LogP contribution in [0.3, 0.4) is 0 Å². The van der Waals surface area contributed by atoms with Gasteiger partial charge in [0.25, 0.3) is 0 Å². The Kier molecular flexibility index (Phi) is 4.02. The van der Waals surface area contributed by atoms with E-state index < -0.39 is 10.0 Å². The predicted molar refractivity (Wildman–Crippen MR) is 69.0 cm³/mol. The third-order valence-electron chi connectivity index (χ3n) is 3.61. The standard InChI is InChI=1S/C12H23NO4S/c1-10-8-11(4-6-16-10)18(14,15)13-5-7-17-12(2,3)9-13/h10-11H,4-9H2,1-3H3/t10-,11-/m1/s1. The Labute approximate surface area is 109 Å². The molecule has 0 N–H and O–H groups in total. The van der Waals surface area contributed by atoms with E-state index >= 15 is 0 Å². The van der Waals surface area contributed by atoms with Crippen molar-refractivity contribution in [2.24, 2.45) is 0 Å². The van der Waals surface area contributed by atoms with Gasteiger partial charge in [-0.1, -0.05) is 0 Å². The van der Waals surface area contributed by atoms with Crippen molar-refractivity contribution in [1.82, 2.24) is 4.31 Å². The fourth-order valence-electron chi connectivity index (χ4n) is 2.63. The topological polar surface area (TPSA) is 55.8 Å². The number of sulfonamides is 1. The Morgan fingerprint density at radius 1 is 1.28 bits per heavy atom. The van der Waals surface area contributed by atoms with Crippen LogP contribution in [0.25, 0.3) is 0 Å². The molecule has 2 saturated heterocycles. The number of rotatable bonds is 2. The van der Waals surface area contributed by atoms with Crippen molar-refractivity contribution in [3.8, 4) is 0 Å². The van der Waals surface area contributed by atoms with Crippen LogP contribution in [-0.2, 0) is 19.5 Å². The molecule has 0 amide bonds. The van der Waals surface area contributed by atoms with Crippen molar-refractivity contribution in [2.75, 3.05) is 26.3 Å². The predicted octanol–water partition coefficient (Wildman–Crippen LogP) is 0.994. The van der Waals surface area contributed by atoms with Gasteiger partial charge in [0.1, 0.15) is 0 Å². The lowest BCUT2D eigenvalue weighted by Gasteiger charge is -2.40. The van der Waals surface area contributed by atoms with Crippen LogP contribution in [-0.4, -0.2) is 56.0 Å². The first-order chi connectivity index (χ1) is 8.31. The second-order valence-electron chi connectivity index (χ2n) is 5.81. The molecule has 0 saturated carbocycles. The van der Waals surface area contributed by atoms with E-state index in [4.69, 9.17) is 9.47 Å². The van der Waals surface area contributed by atoms with Gasteiger partial charge in [-0.2, -0.15) is 4.31 Å². The molecule has 0 aromatic carbocycles. The number of ether oxygens (including phenoxy) is 2. The third-order valence-corrected chi connectivity index (χ3v) is 5.91. The molecule has 2 aliphatic heterocycles. The maximum Gasteiger partial charge on any atom is 0.217 e. The van der Waals surface area contributed by atoms with E-state index in [1.54, 1.807) is 4.31 Å². The number of hydrogen-bond acceptors (Lipinski definition) is 4. The largest absolute Gasteiger partial charge is 0.378 e. The Morgan fingerprint density at radius 3 is 2.61 bits per heavy atom. The fourth-order valence-corrected chi connectivity index (χ4v) is 4.78. The van der Waals surface area contributed by atoms with Crippen molar-refractivity contribution < 1.29 is 17.9 Å². The summed E-state index contributed by atoms with van der Waals surface area (Å²) in [5, 5.41) is -0.296. The monoisotopic (exact) mass is 277 g/mol. The maximum atomic E-state index is 12.6. The van der Waals surface area contributed by atoms with Crippen molar-refractivity contribution >= 4 is 10.0 Å². The van der Waals surface area contributed by atoms with Crippen LogP contribution < -0.4 is 0 Å². The van der Waals surface area contributed by atoms with Crippen LogP contribution >= 0.6 is 0 Å². The summed E-state index contributed by atoms with van der Waals surface area (Å²) in [4.78, 5) is 0. The van der Waals surface area contributed by atoms with Gasteiger partial charge < -0.3 is 9.47 Å². The van der Waals surface area contributed by atoms with E-state index in [9.17, 15) is 8.42 Å². The van der Waals surface area contributed by atoms with Gasteiger partial charge in [0.15, 0.2) is 0 Å². The zero-order valence-electron chi connectivity index (χ0n) is 11.4. The molecule has 0 bridgehead atoms. The van der Waals surface area contributed by atoms with E-state index in [0.29, 0.717) is 39.1 Å². The van der Waals surface area contributed by atoms with Gasteiger partial charge in [0.2, 0.25) is 10.0 Å². The SMILES string of the molecule is C[C@@H]1C[C@H](S(=O)(=O)N2CCOC(C)(C)C2)CCO1. The van der Waals surface area contributed by atoms with Gasteiger partial charge in [-0.25, -0.2) is 8.42 Å². The second-order valence-corrected chi connectivity index (χ2v) is 8.03. The summed E-state index contributed by atoms with van der Waals surface area (Å²) in [7, 11) is -3.22. The fraction of sp³-hybridized carbons (Fsp3) is 1.00. The molecule has 6 heteroatoms. The smallest absolute Gasteiger partial charge is 0.217 e. The Bertz CT molecular complexity index is 393. The van der Waals surface area contributed by atoms with Crippen molar-refractivity contribution in [3.05, 3.63) is 0 Å². The highest BCUT2D eigenvalue weighted by molar-refractivity contribution is 7.89. The zero-order chi connectivity index (χ0) is 13.4. The van der Waals surface area contributed by atoms with Crippen molar-refractivity contribution in [2.45, 2.75) is 50.6 Å². The van der Waals surface area contributed by atoms with Crippen LogP contribution in [0, 0.1) is 0 Å². The lowest BCUT2D eigenvalue weighted by molar-refractivity contribution is -0.0646. The molecule has 0 aromatic heterocycles. The summed E-state index contributed by atoms with van der Waals surface area (Å²) in [5.74, 6) is 0. The minimum Gasteiger partial charge on any atom is -0.378 e. The maximum absolute atomic E-state index is 12.6. The van der Waals surface area contributed by atoms with Crippen LogP contribution in [0.5, 0.6) is 0 Å². The molecule has 106 valence electrons. The average Bonchev–Trinajstić information content (AvgIpc) is 2.27. The highest BCUT2D eigenvalue weighted by Gasteiger charge is 2.39. The molecule has 2 atom stereocenters. The van der Waals surface area contributed by atoms with Crippen molar-refractivity contribution in [1.29, 1.82) is 0 Å². The van der Waals surface area contributed by atoms with Gasteiger partial charge in [-0.05, 0) is 33.6 Å². The molecule has 2 rings (SSSR count). The molecule has 2 fully saturated rings. The molecule has 5 nitrogen and oxygen atoms in total. The summed E-state index contributed by atoms with van der Waals surface area (Å²) in [6.45, 7) is 7.73. The van der Waals surface area contributed by atoms with Gasteiger partial charge in [-0.15, -0.1) is 0 Å². The highest BCUT2D eigenvalue weighted by Crippen LogP contribution is 2.26. The zero-order valence-corrected chi connectivity index (χ0v) is 12.2. The number of morpholine rings is 1. The van der Waals surface area contributed by atoms with Crippen LogP contribution in [0.1, 0.15) is 33.6 Å². The normalized spacial score (nSPS) is 34.4. The first kappa shape index (κ1) is 14.2. The number of nitrogens with zero attached hydrogens (tertiary/aromatic N) is 1. The molecule has 0 radical (unpaired) electrons. The van der Waals surface area contributed by atoms with Crippen LogP contribution in [0.4, 0.5) is 0 Å². The van der Waals surface area contributed by atoms with Gasteiger partial charge in [-0.3, -0.25) is 0 Å². The molecule has 0 aliphatic carbocycles. The highest BCUT2D eigenvalue weighted by atomic mass is 32.2. The third kappa shape index (κ3) is 3.04. The van der Waals surface area contributed by atoms with Crippen molar-refractivity contribution in [3.63, 3.8) is 0 Å². The summed E-state index contributed by atoms with van der Waals surface area (Å²) in [6.07, 6.45) is 1.23. The van der Waals surface area contributed by atoms with Gasteiger partial charge in [0.05, 0.1) is 23.6 Å². The van der Waals surface area contributed by atoms with E-state index in [1.807, 2.05) is 20.8 Å². The Balaban J connectivity index is 2.10. The van der Waals surface area contributed by atoms with E-state index in [2.05, 4.69) is 0 Å².